The van der Waals surface area contributed by atoms with Gasteiger partial charge in [0.25, 0.3) is 0 Å². The summed E-state index contributed by atoms with van der Waals surface area (Å²) in [5.41, 5.74) is 1.12. The predicted octanol–water partition coefficient (Wildman–Crippen LogP) is 4.13. The lowest BCUT2D eigenvalue weighted by molar-refractivity contribution is -0.0394. The molecule has 1 saturated heterocycles. The van der Waals surface area contributed by atoms with E-state index in [-0.39, 0.29) is 18.8 Å². The smallest absolute Gasteiger partial charge is 0.188 e. The van der Waals surface area contributed by atoms with Crippen molar-refractivity contribution in [2.24, 2.45) is 0 Å². The highest BCUT2D eigenvalue weighted by atomic mass is 79.9. The number of nitrogens with zero attached hydrogens (tertiary/aromatic N) is 2. The molecule has 0 amide bonds. The fraction of sp³-hybridized carbons (Fsp3) is 0.438. The van der Waals surface area contributed by atoms with Gasteiger partial charge >= 0.3 is 0 Å². The molecule has 0 saturated carbocycles. The molecular weight excluding hydrogens is 367 g/mol. The average molecular weight is 385 g/mol. The van der Waals surface area contributed by atoms with E-state index in [2.05, 4.69) is 21.0 Å². The van der Waals surface area contributed by atoms with Crippen molar-refractivity contribution in [3.8, 4) is 16.9 Å². The first-order valence-corrected chi connectivity index (χ1v) is 8.25. The van der Waals surface area contributed by atoms with Gasteiger partial charge in [0.2, 0.25) is 0 Å². The van der Waals surface area contributed by atoms with Crippen LogP contribution in [0.4, 0.5) is 4.39 Å². The molecule has 1 aromatic heterocycles. The minimum Gasteiger partial charge on any atom is -0.466 e. The third-order valence-corrected chi connectivity index (χ3v) is 4.34. The van der Waals surface area contributed by atoms with E-state index < -0.39 is 0 Å². The number of aromatic nitrogens is 2. The van der Waals surface area contributed by atoms with E-state index in [1.165, 1.54) is 13.2 Å². The lowest BCUT2D eigenvalue weighted by Crippen LogP contribution is -2.18. The van der Waals surface area contributed by atoms with Crippen molar-refractivity contribution < 1.29 is 18.6 Å². The van der Waals surface area contributed by atoms with Crippen LogP contribution in [0.2, 0.25) is 0 Å². The Morgan fingerprint density at radius 3 is 3.04 bits per heavy atom. The summed E-state index contributed by atoms with van der Waals surface area (Å²) in [5, 5.41) is 4.32. The maximum Gasteiger partial charge on any atom is 0.188 e. The molecule has 0 spiro atoms. The Morgan fingerprint density at radius 2 is 2.30 bits per heavy atom. The Labute approximate surface area is 142 Å². The fourth-order valence-corrected chi connectivity index (χ4v) is 2.98. The third-order valence-electron chi connectivity index (χ3n) is 3.72. The molecule has 0 radical (unpaired) electrons. The van der Waals surface area contributed by atoms with Gasteiger partial charge in [0.05, 0.1) is 10.7 Å². The summed E-state index contributed by atoms with van der Waals surface area (Å²) in [6.45, 7) is 0.834. The molecule has 1 unspecified atom stereocenters. The summed E-state index contributed by atoms with van der Waals surface area (Å²) in [5.74, 6) is 0.177. The minimum atomic E-state index is -0.342. The lowest BCUT2D eigenvalue weighted by Gasteiger charge is -2.22. The summed E-state index contributed by atoms with van der Waals surface area (Å²) < 4.78 is 32.6. The van der Waals surface area contributed by atoms with E-state index in [1.807, 2.05) is 6.20 Å². The van der Waals surface area contributed by atoms with Crippen molar-refractivity contribution in [1.29, 1.82) is 0 Å². The predicted molar refractivity (Wildman–Crippen MR) is 86.7 cm³/mol. The van der Waals surface area contributed by atoms with Crippen LogP contribution in [0.5, 0.6) is 5.75 Å². The molecule has 7 heteroatoms. The van der Waals surface area contributed by atoms with Crippen molar-refractivity contribution >= 4 is 15.9 Å². The minimum absolute atomic E-state index is 0.0692. The molecule has 1 aromatic carbocycles. The number of benzene rings is 1. The molecule has 2 heterocycles. The van der Waals surface area contributed by atoms with Crippen LogP contribution in [-0.2, 0) is 9.47 Å². The van der Waals surface area contributed by atoms with Gasteiger partial charge in [0.1, 0.15) is 17.8 Å². The maximum atomic E-state index is 14.3. The van der Waals surface area contributed by atoms with E-state index in [4.69, 9.17) is 14.2 Å². The molecule has 23 heavy (non-hydrogen) atoms. The molecule has 124 valence electrons. The van der Waals surface area contributed by atoms with Gasteiger partial charge in [-0.1, -0.05) is 0 Å². The van der Waals surface area contributed by atoms with Crippen LogP contribution in [0.15, 0.2) is 29.0 Å². The summed E-state index contributed by atoms with van der Waals surface area (Å²) in [6, 6.07) is 3.02. The zero-order valence-corrected chi connectivity index (χ0v) is 14.4. The van der Waals surface area contributed by atoms with E-state index in [0.29, 0.717) is 21.3 Å². The standard InChI is InChI=1S/C16H18BrFN2O3/c1-21-10-23-15-6-12(14(18)7-13(15)17)11-8-19-20(9-11)16-4-2-3-5-22-16/h6-9,16H,2-5,10H2,1H3. The molecule has 1 fully saturated rings. The van der Waals surface area contributed by atoms with E-state index in [1.54, 1.807) is 16.9 Å². The molecule has 5 nitrogen and oxygen atoms in total. The second-order valence-electron chi connectivity index (χ2n) is 5.34. The van der Waals surface area contributed by atoms with Gasteiger partial charge in [-0.15, -0.1) is 0 Å². The van der Waals surface area contributed by atoms with Crippen LogP contribution in [0, 0.1) is 5.82 Å². The topological polar surface area (TPSA) is 45.5 Å². The van der Waals surface area contributed by atoms with Gasteiger partial charge in [-0.3, -0.25) is 0 Å². The largest absolute Gasteiger partial charge is 0.466 e. The molecule has 1 atom stereocenters. The Hall–Kier alpha value is -1.44. The Morgan fingerprint density at radius 1 is 1.43 bits per heavy atom. The van der Waals surface area contributed by atoms with Gasteiger partial charge < -0.3 is 14.2 Å². The Balaban J connectivity index is 1.87. The van der Waals surface area contributed by atoms with E-state index in [9.17, 15) is 4.39 Å². The van der Waals surface area contributed by atoms with Gasteiger partial charge in [-0.2, -0.15) is 5.10 Å². The zero-order chi connectivity index (χ0) is 16.2. The summed E-state index contributed by atoms with van der Waals surface area (Å²) >= 11 is 3.29. The van der Waals surface area contributed by atoms with Crippen molar-refractivity contribution in [3.63, 3.8) is 0 Å². The Kier molecular flexibility index (Phi) is 5.30. The lowest BCUT2D eigenvalue weighted by atomic mass is 10.1. The highest BCUT2D eigenvalue weighted by molar-refractivity contribution is 9.10. The third kappa shape index (κ3) is 3.73. The first-order valence-electron chi connectivity index (χ1n) is 7.46. The quantitative estimate of drug-likeness (QED) is 0.726. The average Bonchev–Trinajstić information content (AvgIpc) is 3.05. The molecule has 0 aliphatic carbocycles. The van der Waals surface area contributed by atoms with Crippen molar-refractivity contribution in [1.82, 2.24) is 9.78 Å². The highest BCUT2D eigenvalue weighted by Gasteiger charge is 2.18. The summed E-state index contributed by atoms with van der Waals surface area (Å²) in [7, 11) is 1.53. The molecule has 0 N–H and O–H groups in total. The summed E-state index contributed by atoms with van der Waals surface area (Å²) in [4.78, 5) is 0. The van der Waals surface area contributed by atoms with Gasteiger partial charge in [0.15, 0.2) is 6.79 Å². The highest BCUT2D eigenvalue weighted by Crippen LogP contribution is 2.34. The second-order valence-corrected chi connectivity index (χ2v) is 6.20. The molecule has 1 aliphatic rings. The number of hydrogen-bond donors (Lipinski definition) is 0. The van der Waals surface area contributed by atoms with E-state index in [0.717, 1.165) is 25.9 Å². The molecule has 3 rings (SSSR count). The molecule has 2 aromatic rings. The molecule has 0 bridgehead atoms. The van der Waals surface area contributed by atoms with Crippen molar-refractivity contribution in [3.05, 3.63) is 34.8 Å². The number of halogens is 2. The number of hydrogen-bond acceptors (Lipinski definition) is 4. The second kappa shape index (κ2) is 7.42. The van der Waals surface area contributed by atoms with Gasteiger partial charge in [-0.05, 0) is 47.3 Å². The summed E-state index contributed by atoms with van der Waals surface area (Å²) in [6.07, 6.45) is 6.49. The first-order chi connectivity index (χ1) is 11.2. The fourth-order valence-electron chi connectivity index (χ4n) is 2.55. The van der Waals surface area contributed by atoms with Gasteiger partial charge in [-0.25, -0.2) is 9.07 Å². The van der Waals surface area contributed by atoms with Gasteiger partial charge in [0, 0.05) is 31.0 Å². The number of methoxy groups -OCH3 is 1. The maximum absolute atomic E-state index is 14.3. The van der Waals surface area contributed by atoms with Crippen LogP contribution in [0.25, 0.3) is 11.1 Å². The zero-order valence-electron chi connectivity index (χ0n) is 12.8. The first kappa shape index (κ1) is 16.4. The van der Waals surface area contributed by atoms with Crippen LogP contribution in [0.3, 0.4) is 0 Å². The van der Waals surface area contributed by atoms with E-state index >= 15 is 0 Å². The van der Waals surface area contributed by atoms with Crippen LogP contribution < -0.4 is 4.74 Å². The SMILES string of the molecule is COCOc1cc(-c2cnn(C3CCCCO3)c2)c(F)cc1Br. The Bertz CT molecular complexity index is 671. The van der Waals surface area contributed by atoms with Crippen LogP contribution in [0.1, 0.15) is 25.5 Å². The monoisotopic (exact) mass is 384 g/mol. The van der Waals surface area contributed by atoms with Crippen molar-refractivity contribution in [2.75, 3.05) is 20.5 Å². The number of rotatable bonds is 5. The number of ether oxygens (including phenoxy) is 3. The van der Waals surface area contributed by atoms with Crippen LogP contribution >= 0.6 is 15.9 Å². The molecule has 1 aliphatic heterocycles. The normalized spacial score (nSPS) is 18.1. The van der Waals surface area contributed by atoms with Crippen molar-refractivity contribution in [2.45, 2.75) is 25.5 Å². The molecular formula is C16H18BrFN2O3. The van der Waals surface area contributed by atoms with Crippen LogP contribution in [-0.4, -0.2) is 30.3 Å².